The van der Waals surface area contributed by atoms with Crippen molar-refractivity contribution >= 4 is 40.4 Å². The van der Waals surface area contributed by atoms with Gasteiger partial charge in [-0.2, -0.15) is 0 Å². The predicted octanol–water partition coefficient (Wildman–Crippen LogP) is 6.63. The zero-order chi connectivity index (χ0) is 23.7. The van der Waals surface area contributed by atoms with Crippen LogP contribution in [0, 0.1) is 0 Å². The summed E-state index contributed by atoms with van der Waals surface area (Å²) in [6.45, 7) is 2.08. The van der Waals surface area contributed by atoms with Crippen molar-refractivity contribution in [3.8, 4) is 0 Å². The summed E-state index contributed by atoms with van der Waals surface area (Å²) in [4.78, 5) is 13.3. The van der Waals surface area contributed by atoms with Crippen molar-refractivity contribution in [2.75, 3.05) is 0 Å². The van der Waals surface area contributed by atoms with Gasteiger partial charge in [0.25, 0.3) is 5.91 Å². The second-order valence-corrected chi connectivity index (χ2v) is 10.3. The third-order valence-corrected chi connectivity index (χ3v) is 7.61. The molecule has 1 aliphatic carbocycles. The molecular weight excluding hydrogens is 463 g/mol. The Balaban J connectivity index is 1.37. The number of carbonyl (C=O) groups excluding carboxylic acids is 1. The van der Waals surface area contributed by atoms with E-state index in [0.29, 0.717) is 5.02 Å². The number of hydrogen-bond acceptors (Lipinski definition) is 1. The molecule has 0 fully saturated rings. The van der Waals surface area contributed by atoms with Crippen LogP contribution >= 0.6 is 23.2 Å². The average Bonchev–Trinajstić information content (AvgIpc) is 3.22. The van der Waals surface area contributed by atoms with E-state index in [2.05, 4.69) is 29.7 Å². The molecule has 2 atom stereocenters. The van der Waals surface area contributed by atoms with E-state index in [1.807, 2.05) is 54.6 Å². The number of rotatable bonds is 6. The maximum absolute atomic E-state index is 13.3. The average molecular weight is 492 g/mol. The van der Waals surface area contributed by atoms with E-state index < -0.39 is 0 Å². The third-order valence-electron chi connectivity index (χ3n) is 7.11. The van der Waals surface area contributed by atoms with Gasteiger partial charge in [-0.25, -0.2) is 0 Å². The normalized spacial score (nSPS) is 16.6. The summed E-state index contributed by atoms with van der Waals surface area (Å²) in [5.74, 6) is 0.0630. The molecule has 5 rings (SSSR count). The summed E-state index contributed by atoms with van der Waals surface area (Å²) in [6.07, 6.45) is 5.53. The summed E-state index contributed by atoms with van der Waals surface area (Å²) in [7, 11) is 0. The van der Waals surface area contributed by atoms with Crippen LogP contribution in [0.5, 0.6) is 0 Å². The van der Waals surface area contributed by atoms with Gasteiger partial charge >= 0.3 is 0 Å². The molecule has 5 heteroatoms. The lowest BCUT2D eigenvalue weighted by atomic mass is 9.86. The van der Waals surface area contributed by atoms with Crippen molar-refractivity contribution in [3.63, 3.8) is 0 Å². The fourth-order valence-electron chi connectivity index (χ4n) is 5.23. The van der Waals surface area contributed by atoms with Crippen LogP contribution in [0.25, 0.3) is 5.57 Å². The maximum atomic E-state index is 13.3. The van der Waals surface area contributed by atoms with Crippen LogP contribution in [0.4, 0.5) is 5.69 Å². The molecule has 1 heterocycles. The van der Waals surface area contributed by atoms with Crippen LogP contribution in [-0.4, -0.2) is 11.9 Å². The standard InChI is InChI=1S/C29H28Cl2N2O/c1-18(25(20-8-13-23(31)14-9-20)16-19-6-11-22(30)12-7-19)32-29(34)21-10-15-28-26(17-21)24-4-2-3-5-27(24)33-28/h6-15,17-18,25,33H,2-5,16H2,1H3,(H,32,34)/p+1/t18-,25+/m1/s1. The topological polar surface area (TPSA) is 45.7 Å². The molecule has 0 unspecified atom stereocenters. The highest BCUT2D eigenvalue weighted by molar-refractivity contribution is 6.30. The van der Waals surface area contributed by atoms with Gasteiger partial charge in [0.1, 0.15) is 11.4 Å². The smallest absolute Gasteiger partial charge is 0.251 e. The molecule has 1 aliphatic heterocycles. The zero-order valence-electron chi connectivity index (χ0n) is 19.3. The molecule has 3 N–H and O–H groups in total. The van der Waals surface area contributed by atoms with E-state index in [-0.39, 0.29) is 17.9 Å². The second kappa shape index (κ2) is 9.95. The van der Waals surface area contributed by atoms with Crippen LogP contribution in [-0.2, 0) is 6.42 Å². The first-order chi connectivity index (χ1) is 16.5. The summed E-state index contributed by atoms with van der Waals surface area (Å²) in [5.41, 5.74) is 8.43. The minimum absolute atomic E-state index is 0.0322. The van der Waals surface area contributed by atoms with Gasteiger partial charge < -0.3 is 5.32 Å². The van der Waals surface area contributed by atoms with Gasteiger partial charge in [-0.15, -0.1) is 0 Å². The van der Waals surface area contributed by atoms with E-state index >= 15 is 0 Å². The number of quaternary nitrogens is 1. The van der Waals surface area contributed by atoms with E-state index in [4.69, 9.17) is 23.2 Å². The quantitative estimate of drug-likeness (QED) is 0.373. The molecule has 1 amide bonds. The highest BCUT2D eigenvalue weighted by Crippen LogP contribution is 2.37. The van der Waals surface area contributed by atoms with Gasteiger partial charge in [0.2, 0.25) is 0 Å². The first-order valence-electron chi connectivity index (χ1n) is 12.0. The van der Waals surface area contributed by atoms with Crippen molar-refractivity contribution in [2.24, 2.45) is 0 Å². The van der Waals surface area contributed by atoms with Gasteiger partial charge in [0.15, 0.2) is 0 Å². The fourth-order valence-corrected chi connectivity index (χ4v) is 5.48. The predicted molar refractivity (Wildman–Crippen MR) is 140 cm³/mol. The van der Waals surface area contributed by atoms with Gasteiger partial charge in [-0.1, -0.05) is 47.5 Å². The number of halogens is 2. The van der Waals surface area contributed by atoms with Gasteiger partial charge in [0.05, 0.1) is 0 Å². The lowest BCUT2D eigenvalue weighted by Gasteiger charge is -2.26. The number of nitrogens with two attached hydrogens (primary N) is 1. The SMILES string of the molecule is C[C@@H](NC(=O)c1ccc2c(c1)C1=C(CCCC1)[NH2+]2)[C@H](Cc1ccc(Cl)cc1)c1ccc(Cl)cc1. The molecule has 0 saturated carbocycles. The minimum atomic E-state index is -0.0753. The van der Waals surface area contributed by atoms with Gasteiger partial charge in [-0.3, -0.25) is 10.1 Å². The monoisotopic (exact) mass is 491 g/mol. The lowest BCUT2D eigenvalue weighted by molar-refractivity contribution is -0.516. The zero-order valence-corrected chi connectivity index (χ0v) is 20.8. The molecule has 2 aliphatic rings. The number of fused-ring (bicyclic) bond motifs is 2. The molecule has 0 radical (unpaired) electrons. The molecular formula is C29H29Cl2N2O+. The molecule has 0 saturated heterocycles. The Hall–Kier alpha value is -2.59. The van der Waals surface area contributed by atoms with Crippen LogP contribution in [0.1, 0.15) is 65.6 Å². The number of amides is 1. The molecule has 0 spiro atoms. The molecule has 3 aromatic carbocycles. The number of carbonyl (C=O) groups is 1. The first kappa shape index (κ1) is 23.2. The second-order valence-electron chi connectivity index (χ2n) is 9.41. The number of nitrogens with one attached hydrogen (secondary N) is 1. The third kappa shape index (κ3) is 4.93. The van der Waals surface area contributed by atoms with E-state index in [9.17, 15) is 4.79 Å². The number of hydrogen-bond donors (Lipinski definition) is 2. The first-order valence-corrected chi connectivity index (χ1v) is 12.8. The Morgan fingerprint density at radius 2 is 1.62 bits per heavy atom. The molecule has 34 heavy (non-hydrogen) atoms. The highest BCUT2D eigenvalue weighted by Gasteiger charge is 2.29. The van der Waals surface area contributed by atoms with Crippen LogP contribution < -0.4 is 10.6 Å². The van der Waals surface area contributed by atoms with E-state index in [0.717, 1.165) is 35.4 Å². The molecule has 3 nitrogen and oxygen atoms in total. The lowest BCUT2D eigenvalue weighted by Crippen LogP contribution is -2.74. The molecule has 174 valence electrons. The van der Waals surface area contributed by atoms with E-state index in [1.54, 1.807) is 0 Å². The molecule has 3 aromatic rings. The van der Waals surface area contributed by atoms with Gasteiger partial charge in [0, 0.05) is 51.2 Å². The Kier molecular flexibility index (Phi) is 6.78. The highest BCUT2D eigenvalue weighted by atomic mass is 35.5. The fraction of sp³-hybridized carbons (Fsp3) is 0.276. The number of benzene rings is 3. The van der Waals surface area contributed by atoms with Crippen LogP contribution in [0.3, 0.4) is 0 Å². The molecule has 0 aromatic heterocycles. The van der Waals surface area contributed by atoms with E-state index in [1.165, 1.54) is 40.9 Å². The Bertz CT molecular complexity index is 1230. The van der Waals surface area contributed by atoms with Crippen molar-refractivity contribution in [1.82, 2.24) is 5.32 Å². The summed E-state index contributed by atoms with van der Waals surface area (Å²) < 4.78 is 0. The maximum Gasteiger partial charge on any atom is 0.251 e. The number of allylic oxidation sites excluding steroid dienone is 2. The Morgan fingerprint density at radius 1 is 0.941 bits per heavy atom. The van der Waals surface area contributed by atoms with Crippen LogP contribution in [0.2, 0.25) is 10.0 Å². The largest absolute Gasteiger partial charge is 0.349 e. The summed E-state index contributed by atoms with van der Waals surface area (Å²) in [6, 6.07) is 21.9. The van der Waals surface area contributed by atoms with Crippen molar-refractivity contribution < 1.29 is 10.1 Å². The molecule has 0 bridgehead atoms. The Morgan fingerprint density at radius 3 is 2.35 bits per heavy atom. The van der Waals surface area contributed by atoms with Crippen LogP contribution in [0.15, 0.2) is 72.4 Å². The summed E-state index contributed by atoms with van der Waals surface area (Å²) in [5, 5.41) is 7.01. The Labute approximate surface area is 211 Å². The minimum Gasteiger partial charge on any atom is -0.349 e. The van der Waals surface area contributed by atoms with Crippen molar-refractivity contribution in [2.45, 2.75) is 51.0 Å². The summed E-state index contributed by atoms with van der Waals surface area (Å²) >= 11 is 12.2. The van der Waals surface area contributed by atoms with Crippen molar-refractivity contribution in [1.29, 1.82) is 0 Å². The van der Waals surface area contributed by atoms with Gasteiger partial charge in [-0.05, 0) is 80.1 Å². The van der Waals surface area contributed by atoms with Crippen molar-refractivity contribution in [3.05, 3.63) is 105 Å².